The summed E-state index contributed by atoms with van der Waals surface area (Å²) in [5.74, 6) is 0.282. The van der Waals surface area contributed by atoms with Crippen molar-refractivity contribution < 1.29 is 9.90 Å². The van der Waals surface area contributed by atoms with Gasteiger partial charge >= 0.3 is 0 Å². The number of anilines is 1. The van der Waals surface area contributed by atoms with Crippen LogP contribution in [-0.2, 0) is 4.79 Å². The fourth-order valence-electron chi connectivity index (χ4n) is 4.00. The summed E-state index contributed by atoms with van der Waals surface area (Å²) in [5.41, 5.74) is 0.587. The van der Waals surface area contributed by atoms with Crippen LogP contribution in [0.1, 0.15) is 44.1 Å². The number of nitriles is 1. The number of likely N-dealkylation sites (tertiary alicyclic amines) is 1. The van der Waals surface area contributed by atoms with Crippen LogP contribution in [0.3, 0.4) is 0 Å². The molecule has 2 atom stereocenters. The van der Waals surface area contributed by atoms with Crippen LogP contribution < -0.4 is 5.32 Å². The molecule has 2 N–H and O–H groups in total. The molecule has 1 heterocycles. The van der Waals surface area contributed by atoms with E-state index in [0.29, 0.717) is 30.1 Å². The maximum Gasteiger partial charge on any atom is 0.225 e. The largest absolute Gasteiger partial charge is 0.390 e. The highest BCUT2D eigenvalue weighted by atomic mass is 16.3. The zero-order valence-corrected chi connectivity index (χ0v) is 14.0. The number of nitrogens with zero attached hydrogens (tertiary/aromatic N) is 2. The van der Waals surface area contributed by atoms with E-state index in [0.717, 1.165) is 38.8 Å². The van der Waals surface area contributed by atoms with Gasteiger partial charge in [-0.3, -0.25) is 4.79 Å². The van der Waals surface area contributed by atoms with Crippen molar-refractivity contribution in [1.82, 2.24) is 4.90 Å². The summed E-state index contributed by atoms with van der Waals surface area (Å²) in [7, 11) is 0. The molecule has 1 saturated carbocycles. The van der Waals surface area contributed by atoms with E-state index in [2.05, 4.69) is 16.3 Å². The van der Waals surface area contributed by atoms with E-state index in [4.69, 9.17) is 5.26 Å². The third-order valence-corrected chi connectivity index (χ3v) is 5.49. The van der Waals surface area contributed by atoms with Gasteiger partial charge in [-0.15, -0.1) is 0 Å². The van der Waals surface area contributed by atoms with Gasteiger partial charge in [0.25, 0.3) is 0 Å². The molecule has 3 rings (SSSR count). The molecule has 0 bridgehead atoms. The molecule has 1 amide bonds. The summed E-state index contributed by atoms with van der Waals surface area (Å²) in [6, 6.07) is 9.13. The molecule has 128 valence electrons. The van der Waals surface area contributed by atoms with Gasteiger partial charge in [0.2, 0.25) is 5.91 Å². The number of hydrogen-bond acceptors (Lipinski definition) is 4. The standard InChI is InChI=1S/C19H25N3O2/c20-13-15-5-1-2-7-17(15)21-18(23)8-11-22-12-10-19(24)9-4-3-6-16(19)14-22/h1-2,5,7,16,24H,3-4,6,8-12,14H2,(H,21,23). The Bertz CT molecular complexity index is 640. The zero-order valence-electron chi connectivity index (χ0n) is 14.0. The molecule has 1 aliphatic carbocycles. The molecule has 0 spiro atoms. The maximum absolute atomic E-state index is 12.2. The molecule has 1 saturated heterocycles. The van der Waals surface area contributed by atoms with Gasteiger partial charge < -0.3 is 15.3 Å². The Kier molecular flexibility index (Phi) is 5.17. The molecule has 0 radical (unpaired) electrons. The molecule has 2 aliphatic rings. The van der Waals surface area contributed by atoms with Crippen molar-refractivity contribution in [1.29, 1.82) is 5.26 Å². The maximum atomic E-state index is 12.2. The Morgan fingerprint density at radius 2 is 2.21 bits per heavy atom. The Labute approximate surface area is 143 Å². The number of piperidine rings is 1. The van der Waals surface area contributed by atoms with Gasteiger partial charge in [-0.05, 0) is 31.4 Å². The fraction of sp³-hybridized carbons (Fsp3) is 0.579. The SMILES string of the molecule is N#Cc1ccccc1NC(=O)CCN1CCC2(O)CCCCC2C1. The summed E-state index contributed by atoms with van der Waals surface area (Å²) in [5, 5.41) is 22.6. The van der Waals surface area contributed by atoms with Crippen molar-refractivity contribution in [2.75, 3.05) is 25.0 Å². The number of carbonyl (C=O) groups excluding carboxylic acids is 1. The summed E-state index contributed by atoms with van der Waals surface area (Å²) < 4.78 is 0. The normalized spacial score (nSPS) is 27.1. The monoisotopic (exact) mass is 327 g/mol. The lowest BCUT2D eigenvalue weighted by atomic mass is 9.71. The number of amides is 1. The van der Waals surface area contributed by atoms with Gasteiger partial charge in [0.05, 0.1) is 16.9 Å². The summed E-state index contributed by atoms with van der Waals surface area (Å²) in [6.45, 7) is 2.45. The van der Waals surface area contributed by atoms with Gasteiger partial charge in [-0.25, -0.2) is 0 Å². The first-order chi connectivity index (χ1) is 11.6. The minimum absolute atomic E-state index is 0.0674. The average Bonchev–Trinajstić information content (AvgIpc) is 2.60. The number of benzene rings is 1. The molecular formula is C19H25N3O2. The Balaban J connectivity index is 1.49. The lowest BCUT2D eigenvalue weighted by molar-refractivity contribution is -0.117. The first-order valence-electron chi connectivity index (χ1n) is 8.84. The molecule has 24 heavy (non-hydrogen) atoms. The number of rotatable bonds is 4. The molecule has 1 aromatic rings. The topological polar surface area (TPSA) is 76.4 Å². The number of para-hydroxylation sites is 1. The number of hydrogen-bond donors (Lipinski definition) is 2. The van der Waals surface area contributed by atoms with Gasteiger partial charge in [0.15, 0.2) is 0 Å². The second kappa shape index (κ2) is 7.33. The third-order valence-electron chi connectivity index (χ3n) is 5.49. The van der Waals surface area contributed by atoms with Gasteiger partial charge in [-0.2, -0.15) is 5.26 Å². The van der Waals surface area contributed by atoms with E-state index in [-0.39, 0.29) is 5.91 Å². The van der Waals surface area contributed by atoms with E-state index in [1.54, 1.807) is 18.2 Å². The lowest BCUT2D eigenvalue weighted by Gasteiger charge is -2.47. The van der Waals surface area contributed by atoms with Gasteiger partial charge in [0, 0.05) is 32.0 Å². The first kappa shape index (κ1) is 16.9. The second-order valence-corrected chi connectivity index (χ2v) is 7.05. The van der Waals surface area contributed by atoms with Crippen LogP contribution in [0.2, 0.25) is 0 Å². The van der Waals surface area contributed by atoms with Crippen molar-refractivity contribution in [3.8, 4) is 6.07 Å². The number of aliphatic hydroxyl groups is 1. The second-order valence-electron chi connectivity index (χ2n) is 7.05. The van der Waals surface area contributed by atoms with Crippen LogP contribution in [0.5, 0.6) is 0 Å². The highest BCUT2D eigenvalue weighted by molar-refractivity contribution is 5.92. The quantitative estimate of drug-likeness (QED) is 0.891. The van der Waals surface area contributed by atoms with E-state index >= 15 is 0 Å². The van der Waals surface area contributed by atoms with E-state index < -0.39 is 5.60 Å². The van der Waals surface area contributed by atoms with Gasteiger partial charge in [-0.1, -0.05) is 25.0 Å². The smallest absolute Gasteiger partial charge is 0.225 e. The average molecular weight is 327 g/mol. The van der Waals surface area contributed by atoms with Gasteiger partial charge in [0.1, 0.15) is 6.07 Å². The van der Waals surface area contributed by atoms with Crippen molar-refractivity contribution in [2.45, 2.75) is 44.1 Å². The van der Waals surface area contributed by atoms with Crippen LogP contribution in [0.15, 0.2) is 24.3 Å². The predicted molar refractivity (Wildman–Crippen MR) is 92.4 cm³/mol. The van der Waals surface area contributed by atoms with E-state index in [9.17, 15) is 9.90 Å². The molecule has 0 aromatic heterocycles. The number of carbonyl (C=O) groups is 1. The van der Waals surface area contributed by atoms with Crippen LogP contribution in [-0.4, -0.2) is 41.1 Å². The molecular weight excluding hydrogens is 302 g/mol. The zero-order chi connectivity index (χ0) is 17.0. The lowest BCUT2D eigenvalue weighted by Crippen LogP contribution is -2.53. The molecule has 2 unspecified atom stereocenters. The van der Waals surface area contributed by atoms with Crippen molar-refractivity contribution >= 4 is 11.6 Å². The minimum Gasteiger partial charge on any atom is -0.390 e. The van der Waals surface area contributed by atoms with Crippen molar-refractivity contribution in [3.05, 3.63) is 29.8 Å². The summed E-state index contributed by atoms with van der Waals surface area (Å²) in [4.78, 5) is 14.5. The molecule has 2 fully saturated rings. The fourth-order valence-corrected chi connectivity index (χ4v) is 4.00. The Morgan fingerprint density at radius 3 is 3.04 bits per heavy atom. The minimum atomic E-state index is -0.469. The van der Waals surface area contributed by atoms with E-state index in [1.807, 2.05) is 6.07 Å². The van der Waals surface area contributed by atoms with Crippen molar-refractivity contribution in [2.24, 2.45) is 5.92 Å². The Morgan fingerprint density at radius 1 is 1.38 bits per heavy atom. The van der Waals surface area contributed by atoms with Crippen molar-refractivity contribution in [3.63, 3.8) is 0 Å². The van der Waals surface area contributed by atoms with E-state index in [1.165, 1.54) is 6.42 Å². The predicted octanol–water partition coefficient (Wildman–Crippen LogP) is 2.51. The number of nitrogens with one attached hydrogen (secondary N) is 1. The molecule has 5 heteroatoms. The third kappa shape index (κ3) is 3.77. The van der Waals surface area contributed by atoms with Crippen LogP contribution in [0, 0.1) is 17.2 Å². The highest BCUT2D eigenvalue weighted by Crippen LogP contribution is 2.39. The molecule has 1 aliphatic heterocycles. The van der Waals surface area contributed by atoms with Crippen LogP contribution >= 0.6 is 0 Å². The first-order valence-corrected chi connectivity index (χ1v) is 8.84. The number of fused-ring (bicyclic) bond motifs is 1. The van der Waals surface area contributed by atoms with Crippen LogP contribution in [0.25, 0.3) is 0 Å². The summed E-state index contributed by atoms with van der Waals surface area (Å²) >= 11 is 0. The molecule has 5 nitrogen and oxygen atoms in total. The van der Waals surface area contributed by atoms with Crippen LogP contribution in [0.4, 0.5) is 5.69 Å². The highest BCUT2D eigenvalue weighted by Gasteiger charge is 2.42. The summed E-state index contributed by atoms with van der Waals surface area (Å²) in [6.07, 6.45) is 5.58. The Hall–Kier alpha value is -1.90. The molecule has 1 aromatic carbocycles.